The van der Waals surface area contributed by atoms with E-state index in [1.165, 1.54) is 31.2 Å². The predicted octanol–water partition coefficient (Wildman–Crippen LogP) is 2.83. The molecule has 2 aromatic carbocycles. The van der Waals surface area contributed by atoms with E-state index in [2.05, 4.69) is 15.4 Å². The number of nitrogens with one attached hydrogen (secondary N) is 3. The van der Waals surface area contributed by atoms with E-state index >= 15 is 0 Å². The van der Waals surface area contributed by atoms with Crippen molar-refractivity contribution in [2.45, 2.75) is 62.7 Å². The van der Waals surface area contributed by atoms with E-state index in [9.17, 15) is 23.1 Å². The molecular weight excluding hydrogens is 510 g/mol. The number of benzene rings is 2. The van der Waals surface area contributed by atoms with Gasteiger partial charge in [-0.05, 0) is 55.0 Å². The van der Waals surface area contributed by atoms with Crippen LogP contribution in [0.5, 0.6) is 0 Å². The number of rotatable bonds is 13. The molecule has 1 aliphatic heterocycles. The van der Waals surface area contributed by atoms with Gasteiger partial charge in [0.05, 0.1) is 30.3 Å². The third kappa shape index (κ3) is 9.71. The van der Waals surface area contributed by atoms with Crippen molar-refractivity contribution < 1.29 is 32.6 Å². The summed E-state index contributed by atoms with van der Waals surface area (Å²) in [4.78, 5) is 23.7. The number of aliphatic hydroxyl groups excluding tert-OH is 1. The van der Waals surface area contributed by atoms with E-state index in [-0.39, 0.29) is 29.4 Å². The average molecular weight is 548 g/mol. The molecule has 208 valence electrons. The summed E-state index contributed by atoms with van der Waals surface area (Å²) in [6, 6.07) is 14.9. The van der Waals surface area contributed by atoms with Crippen molar-refractivity contribution in [1.82, 2.24) is 10.0 Å². The van der Waals surface area contributed by atoms with Crippen molar-refractivity contribution in [2.24, 2.45) is 5.92 Å². The summed E-state index contributed by atoms with van der Waals surface area (Å²) < 4.78 is 38.6. The van der Waals surface area contributed by atoms with Crippen LogP contribution in [0.2, 0.25) is 0 Å². The van der Waals surface area contributed by atoms with Crippen LogP contribution >= 0.6 is 0 Å². The fourth-order valence-electron chi connectivity index (χ4n) is 4.11. The second-order valence-corrected chi connectivity index (χ2v) is 11.4. The Bertz CT molecular complexity index is 1140. The molecule has 1 saturated heterocycles. The van der Waals surface area contributed by atoms with Gasteiger partial charge >= 0.3 is 6.09 Å². The van der Waals surface area contributed by atoms with E-state index in [4.69, 9.17) is 9.47 Å². The summed E-state index contributed by atoms with van der Waals surface area (Å²) in [5.41, 5.74) is 1.48. The number of anilines is 1. The first-order valence-electron chi connectivity index (χ1n) is 12.8. The van der Waals surface area contributed by atoms with Gasteiger partial charge in [-0.15, -0.1) is 0 Å². The van der Waals surface area contributed by atoms with Gasteiger partial charge in [-0.1, -0.05) is 37.3 Å². The SMILES string of the molecule is CC(=O)Nc1ccc(S(=O)(=O)NCC(C)CC[C@H](O)C(Cc2ccccc2)NC(=O)O[C@H]2CCOC2)cc1. The number of sulfonamides is 1. The maximum Gasteiger partial charge on any atom is 0.407 e. The van der Waals surface area contributed by atoms with Gasteiger partial charge in [0.1, 0.15) is 6.10 Å². The summed E-state index contributed by atoms with van der Waals surface area (Å²) in [5, 5.41) is 16.4. The largest absolute Gasteiger partial charge is 0.444 e. The lowest BCUT2D eigenvalue weighted by Gasteiger charge is -2.26. The third-order valence-electron chi connectivity index (χ3n) is 6.29. The van der Waals surface area contributed by atoms with E-state index in [0.29, 0.717) is 44.6 Å². The molecule has 2 amide bonds. The zero-order valence-corrected chi connectivity index (χ0v) is 22.6. The standard InChI is InChI=1S/C27H37N3O7S/c1-19(17-28-38(34,35)24-11-9-22(10-12-24)29-20(2)31)8-13-26(32)25(16-21-6-4-3-5-7-21)30-27(33)37-23-14-15-36-18-23/h3-7,9-12,19,23,25-26,28,32H,8,13-18H2,1-2H3,(H,29,31)(H,30,33)/t19?,23-,25?,26-/m0/s1. The van der Waals surface area contributed by atoms with Crippen molar-refractivity contribution in [1.29, 1.82) is 0 Å². The highest BCUT2D eigenvalue weighted by Gasteiger charge is 2.26. The number of ether oxygens (including phenoxy) is 2. The van der Waals surface area contributed by atoms with E-state index < -0.39 is 28.3 Å². The summed E-state index contributed by atoms with van der Waals surface area (Å²) in [6.07, 6.45) is 0.218. The highest BCUT2D eigenvalue weighted by Crippen LogP contribution is 2.17. The number of amides is 2. The number of hydrogen-bond donors (Lipinski definition) is 4. The molecule has 0 saturated carbocycles. The molecule has 0 bridgehead atoms. The Hall–Kier alpha value is -2.99. The van der Waals surface area contributed by atoms with Gasteiger partial charge in [-0.25, -0.2) is 17.9 Å². The molecule has 1 aliphatic rings. The molecule has 10 nitrogen and oxygen atoms in total. The number of hydrogen-bond acceptors (Lipinski definition) is 7. The van der Waals surface area contributed by atoms with Crippen LogP contribution in [0, 0.1) is 5.92 Å². The van der Waals surface area contributed by atoms with Crippen molar-refractivity contribution >= 4 is 27.7 Å². The zero-order valence-electron chi connectivity index (χ0n) is 21.8. The Morgan fingerprint density at radius 2 is 1.82 bits per heavy atom. The highest BCUT2D eigenvalue weighted by atomic mass is 32.2. The monoisotopic (exact) mass is 547 g/mol. The van der Waals surface area contributed by atoms with Crippen LogP contribution in [0.4, 0.5) is 10.5 Å². The molecule has 0 aromatic heterocycles. The minimum absolute atomic E-state index is 0.0713. The quantitative estimate of drug-likeness (QED) is 0.302. The molecule has 3 rings (SSSR count). The molecule has 2 unspecified atom stereocenters. The second-order valence-electron chi connectivity index (χ2n) is 9.64. The molecule has 11 heteroatoms. The van der Waals surface area contributed by atoms with E-state index in [1.807, 2.05) is 37.3 Å². The number of alkyl carbamates (subject to hydrolysis) is 1. The number of aliphatic hydroxyl groups is 1. The van der Waals surface area contributed by atoms with Gasteiger partial charge in [0.15, 0.2) is 0 Å². The lowest BCUT2D eigenvalue weighted by atomic mass is 9.95. The average Bonchev–Trinajstić information content (AvgIpc) is 3.39. The smallest absolute Gasteiger partial charge is 0.407 e. The number of carbonyl (C=O) groups is 2. The molecule has 0 spiro atoms. The third-order valence-corrected chi connectivity index (χ3v) is 7.73. The summed E-state index contributed by atoms with van der Waals surface area (Å²) in [5.74, 6) is -0.311. The summed E-state index contributed by atoms with van der Waals surface area (Å²) in [6.45, 7) is 4.37. The van der Waals surface area contributed by atoms with Crippen LogP contribution in [-0.4, -0.2) is 63.5 Å². The Labute approximate surface area is 224 Å². The lowest BCUT2D eigenvalue weighted by Crippen LogP contribution is -2.46. The van der Waals surface area contributed by atoms with Gasteiger partial charge in [0.2, 0.25) is 15.9 Å². The predicted molar refractivity (Wildman–Crippen MR) is 143 cm³/mol. The van der Waals surface area contributed by atoms with Crippen LogP contribution in [0.25, 0.3) is 0 Å². The molecular formula is C27H37N3O7S. The van der Waals surface area contributed by atoms with Gasteiger partial charge in [-0.2, -0.15) is 0 Å². The Kier molecular flexibility index (Phi) is 11.1. The van der Waals surface area contributed by atoms with Crippen LogP contribution in [0.3, 0.4) is 0 Å². The van der Waals surface area contributed by atoms with Crippen LogP contribution in [0.1, 0.15) is 38.7 Å². The molecule has 2 aromatic rings. The van der Waals surface area contributed by atoms with Gasteiger partial charge in [0, 0.05) is 25.6 Å². The van der Waals surface area contributed by atoms with Crippen LogP contribution in [-0.2, 0) is 30.7 Å². The molecule has 0 radical (unpaired) electrons. The van der Waals surface area contributed by atoms with Crippen LogP contribution < -0.4 is 15.4 Å². The minimum Gasteiger partial charge on any atom is -0.444 e. The molecule has 38 heavy (non-hydrogen) atoms. The molecule has 4 atom stereocenters. The maximum atomic E-state index is 12.7. The van der Waals surface area contributed by atoms with E-state index in [0.717, 1.165) is 5.56 Å². The fourth-order valence-corrected chi connectivity index (χ4v) is 5.27. The van der Waals surface area contributed by atoms with Gasteiger partial charge < -0.3 is 25.2 Å². The molecule has 4 N–H and O–H groups in total. The minimum atomic E-state index is -3.73. The van der Waals surface area contributed by atoms with Gasteiger partial charge in [-0.3, -0.25) is 4.79 Å². The van der Waals surface area contributed by atoms with Crippen LogP contribution in [0.15, 0.2) is 59.5 Å². The Morgan fingerprint density at radius 1 is 1.11 bits per heavy atom. The Balaban J connectivity index is 1.52. The van der Waals surface area contributed by atoms with Crippen molar-refractivity contribution in [3.8, 4) is 0 Å². The van der Waals surface area contributed by atoms with Gasteiger partial charge in [0.25, 0.3) is 0 Å². The summed E-state index contributed by atoms with van der Waals surface area (Å²) in [7, 11) is -3.73. The zero-order chi connectivity index (χ0) is 27.5. The first-order chi connectivity index (χ1) is 18.1. The fraction of sp³-hybridized carbons (Fsp3) is 0.481. The maximum absolute atomic E-state index is 12.7. The molecule has 1 fully saturated rings. The lowest BCUT2D eigenvalue weighted by molar-refractivity contribution is -0.114. The first-order valence-corrected chi connectivity index (χ1v) is 14.2. The van der Waals surface area contributed by atoms with E-state index in [1.54, 1.807) is 0 Å². The second kappa shape index (κ2) is 14.2. The Morgan fingerprint density at radius 3 is 2.45 bits per heavy atom. The molecule has 0 aliphatic carbocycles. The summed E-state index contributed by atoms with van der Waals surface area (Å²) >= 11 is 0. The van der Waals surface area contributed by atoms with Crippen molar-refractivity contribution in [2.75, 3.05) is 25.1 Å². The molecule has 1 heterocycles. The highest BCUT2D eigenvalue weighted by molar-refractivity contribution is 7.89. The topological polar surface area (TPSA) is 143 Å². The van der Waals surface area contributed by atoms with Crippen molar-refractivity contribution in [3.05, 3.63) is 60.2 Å². The van der Waals surface area contributed by atoms with Crippen molar-refractivity contribution in [3.63, 3.8) is 0 Å². The normalized spacial score (nSPS) is 17.8. The number of carbonyl (C=O) groups excluding carboxylic acids is 2. The first kappa shape index (κ1) is 29.6.